The summed E-state index contributed by atoms with van der Waals surface area (Å²) in [7, 11) is 0. The van der Waals surface area contributed by atoms with Crippen LogP contribution in [0.3, 0.4) is 0 Å². The lowest BCUT2D eigenvalue weighted by Crippen LogP contribution is -2.27. The second-order valence-corrected chi connectivity index (χ2v) is 5.80. The van der Waals surface area contributed by atoms with Crippen LogP contribution in [0.15, 0.2) is 12.1 Å². The first-order valence-corrected chi connectivity index (χ1v) is 6.72. The highest BCUT2D eigenvalue weighted by Gasteiger charge is 2.18. The Bertz CT molecular complexity index is 435. The van der Waals surface area contributed by atoms with E-state index in [4.69, 9.17) is 0 Å². The van der Waals surface area contributed by atoms with E-state index in [1.807, 2.05) is 6.92 Å². The van der Waals surface area contributed by atoms with Gasteiger partial charge >= 0.3 is 0 Å². The highest BCUT2D eigenvalue weighted by atomic mass is 79.9. The number of benzene rings is 1. The lowest BCUT2D eigenvalue weighted by molar-refractivity contribution is 0.0944. The third-order valence-corrected chi connectivity index (χ3v) is 3.03. The van der Waals surface area contributed by atoms with Crippen molar-refractivity contribution in [1.82, 2.24) is 5.32 Å². The van der Waals surface area contributed by atoms with Crippen LogP contribution in [-0.4, -0.2) is 17.3 Å². The SMILES string of the molecule is Cc1ccc(F)c(C(=O)NCCCC(C)Br)c1F. The predicted molar refractivity (Wildman–Crippen MR) is 71.1 cm³/mol. The number of hydrogen-bond acceptors (Lipinski definition) is 1. The van der Waals surface area contributed by atoms with Crippen molar-refractivity contribution in [3.8, 4) is 0 Å². The molecule has 0 fully saturated rings. The average Bonchev–Trinajstić information content (AvgIpc) is 2.30. The Kier molecular flexibility index (Phi) is 5.72. The summed E-state index contributed by atoms with van der Waals surface area (Å²) in [5.41, 5.74) is -0.238. The Balaban J connectivity index is 2.65. The number of rotatable bonds is 5. The molecule has 1 rings (SSSR count). The number of carbonyl (C=O) groups is 1. The Morgan fingerprint density at radius 3 is 2.72 bits per heavy atom. The summed E-state index contributed by atoms with van der Waals surface area (Å²) in [5.74, 6) is -2.32. The predicted octanol–water partition coefficient (Wildman–Crippen LogP) is 3.57. The van der Waals surface area contributed by atoms with Gasteiger partial charge in [0.2, 0.25) is 0 Å². The smallest absolute Gasteiger partial charge is 0.257 e. The van der Waals surface area contributed by atoms with Gasteiger partial charge in [-0.1, -0.05) is 28.9 Å². The van der Waals surface area contributed by atoms with Gasteiger partial charge in [-0.05, 0) is 31.4 Å². The van der Waals surface area contributed by atoms with Gasteiger partial charge in [-0.2, -0.15) is 0 Å². The summed E-state index contributed by atoms with van der Waals surface area (Å²) in [4.78, 5) is 12.0. The summed E-state index contributed by atoms with van der Waals surface area (Å²) in [6.07, 6.45) is 1.65. The third kappa shape index (κ3) is 4.05. The Morgan fingerprint density at radius 2 is 2.11 bits per heavy atom. The zero-order chi connectivity index (χ0) is 13.7. The van der Waals surface area contributed by atoms with E-state index in [9.17, 15) is 13.6 Å². The number of halogens is 3. The molecule has 18 heavy (non-hydrogen) atoms. The van der Waals surface area contributed by atoms with Crippen molar-refractivity contribution in [2.45, 2.75) is 31.5 Å². The molecular formula is C13H16BrF2NO. The van der Waals surface area contributed by atoms with Gasteiger partial charge in [0.05, 0.1) is 0 Å². The maximum Gasteiger partial charge on any atom is 0.257 e. The fourth-order valence-corrected chi connectivity index (χ4v) is 1.86. The summed E-state index contributed by atoms with van der Waals surface area (Å²) in [5, 5.41) is 2.52. The van der Waals surface area contributed by atoms with Crippen molar-refractivity contribution in [3.63, 3.8) is 0 Å². The Morgan fingerprint density at radius 1 is 1.44 bits per heavy atom. The van der Waals surface area contributed by atoms with E-state index >= 15 is 0 Å². The number of hydrogen-bond donors (Lipinski definition) is 1. The Labute approximate surface area is 114 Å². The van der Waals surface area contributed by atoms with Crippen LogP contribution in [0, 0.1) is 18.6 Å². The molecule has 1 atom stereocenters. The van der Waals surface area contributed by atoms with Gasteiger partial charge in [-0.15, -0.1) is 0 Å². The van der Waals surface area contributed by atoms with Crippen molar-refractivity contribution in [3.05, 3.63) is 34.9 Å². The van der Waals surface area contributed by atoms with Crippen LogP contribution < -0.4 is 5.32 Å². The molecule has 5 heteroatoms. The third-order valence-electron chi connectivity index (χ3n) is 2.58. The number of nitrogens with one attached hydrogen (secondary N) is 1. The topological polar surface area (TPSA) is 29.1 Å². The molecule has 0 saturated heterocycles. The molecule has 0 aliphatic rings. The zero-order valence-corrected chi connectivity index (χ0v) is 12.0. The lowest BCUT2D eigenvalue weighted by Gasteiger charge is -2.09. The fraction of sp³-hybridized carbons (Fsp3) is 0.462. The van der Waals surface area contributed by atoms with E-state index in [2.05, 4.69) is 21.2 Å². The van der Waals surface area contributed by atoms with Crippen LogP contribution in [0.2, 0.25) is 0 Å². The highest BCUT2D eigenvalue weighted by molar-refractivity contribution is 9.09. The van der Waals surface area contributed by atoms with Gasteiger partial charge in [0.25, 0.3) is 5.91 Å². The molecule has 0 aliphatic carbocycles. The highest BCUT2D eigenvalue weighted by Crippen LogP contribution is 2.16. The van der Waals surface area contributed by atoms with Crippen molar-refractivity contribution in [2.75, 3.05) is 6.54 Å². The quantitative estimate of drug-likeness (QED) is 0.652. The molecule has 0 spiro atoms. The van der Waals surface area contributed by atoms with E-state index in [1.165, 1.54) is 13.0 Å². The molecule has 1 amide bonds. The second kappa shape index (κ2) is 6.83. The van der Waals surface area contributed by atoms with Crippen molar-refractivity contribution < 1.29 is 13.6 Å². The Hall–Kier alpha value is -0.970. The minimum absolute atomic E-state index is 0.260. The largest absolute Gasteiger partial charge is 0.352 e. The van der Waals surface area contributed by atoms with Gasteiger partial charge < -0.3 is 5.32 Å². The molecule has 0 aromatic heterocycles. The van der Waals surface area contributed by atoms with Crippen molar-refractivity contribution >= 4 is 21.8 Å². The van der Waals surface area contributed by atoms with Crippen LogP contribution in [0.5, 0.6) is 0 Å². The first-order chi connectivity index (χ1) is 8.43. The molecule has 0 radical (unpaired) electrons. The van der Waals surface area contributed by atoms with Gasteiger partial charge in [0.15, 0.2) is 0 Å². The van der Waals surface area contributed by atoms with Crippen molar-refractivity contribution in [2.24, 2.45) is 0 Å². The minimum atomic E-state index is -0.829. The molecule has 0 saturated carbocycles. The maximum absolute atomic E-state index is 13.6. The number of carbonyl (C=O) groups excluding carboxylic acids is 1. The molecule has 0 bridgehead atoms. The molecule has 1 N–H and O–H groups in total. The van der Waals surface area contributed by atoms with E-state index in [0.717, 1.165) is 18.9 Å². The van der Waals surface area contributed by atoms with Crippen LogP contribution in [0.25, 0.3) is 0 Å². The minimum Gasteiger partial charge on any atom is -0.352 e. The van der Waals surface area contributed by atoms with Gasteiger partial charge in [-0.3, -0.25) is 4.79 Å². The van der Waals surface area contributed by atoms with Crippen LogP contribution in [0.4, 0.5) is 8.78 Å². The molecule has 2 nitrogen and oxygen atoms in total. The van der Waals surface area contributed by atoms with Gasteiger partial charge in [0, 0.05) is 11.4 Å². The standard InChI is InChI=1S/C13H16BrF2NO/c1-8-5-6-10(15)11(12(8)16)13(18)17-7-3-4-9(2)14/h5-6,9H,3-4,7H2,1-2H3,(H,17,18). The van der Waals surface area contributed by atoms with Gasteiger partial charge in [-0.25, -0.2) is 8.78 Å². The number of amides is 1. The number of aryl methyl sites for hydroxylation is 1. The summed E-state index contributed by atoms with van der Waals surface area (Å²) in [6.45, 7) is 3.90. The van der Waals surface area contributed by atoms with Crippen LogP contribution in [-0.2, 0) is 0 Å². The second-order valence-electron chi connectivity index (χ2n) is 4.23. The monoisotopic (exact) mass is 319 g/mol. The summed E-state index contributed by atoms with van der Waals surface area (Å²) in [6, 6.07) is 2.42. The summed E-state index contributed by atoms with van der Waals surface area (Å²) < 4.78 is 27.1. The van der Waals surface area contributed by atoms with E-state index in [0.29, 0.717) is 11.4 Å². The molecule has 0 heterocycles. The van der Waals surface area contributed by atoms with E-state index in [1.54, 1.807) is 0 Å². The molecule has 0 aliphatic heterocycles. The first-order valence-electron chi connectivity index (χ1n) is 5.80. The molecule has 1 aromatic rings. The molecular weight excluding hydrogens is 304 g/mol. The maximum atomic E-state index is 13.6. The molecule has 1 unspecified atom stereocenters. The normalized spacial score (nSPS) is 12.3. The van der Waals surface area contributed by atoms with Crippen molar-refractivity contribution in [1.29, 1.82) is 0 Å². The number of alkyl halides is 1. The zero-order valence-electron chi connectivity index (χ0n) is 10.4. The fourth-order valence-electron chi connectivity index (χ4n) is 1.54. The van der Waals surface area contributed by atoms with Crippen LogP contribution in [0.1, 0.15) is 35.7 Å². The average molecular weight is 320 g/mol. The lowest BCUT2D eigenvalue weighted by atomic mass is 10.1. The van der Waals surface area contributed by atoms with Crippen LogP contribution >= 0.6 is 15.9 Å². The van der Waals surface area contributed by atoms with E-state index in [-0.39, 0.29) is 5.56 Å². The molecule has 100 valence electrons. The molecule has 1 aromatic carbocycles. The van der Waals surface area contributed by atoms with E-state index < -0.39 is 23.1 Å². The first kappa shape index (κ1) is 15.1. The van der Waals surface area contributed by atoms with Gasteiger partial charge in [0.1, 0.15) is 17.2 Å². The summed E-state index contributed by atoms with van der Waals surface area (Å²) >= 11 is 3.39.